The lowest BCUT2D eigenvalue weighted by Crippen LogP contribution is -2.81. The van der Waals surface area contributed by atoms with Crippen LogP contribution in [0, 0.1) is 57.7 Å². The number of hydrogen-bond donors (Lipinski definition) is 1. The molecule has 8 aliphatic rings. The average Bonchev–Trinajstić information content (AvgIpc) is 3.51. The van der Waals surface area contributed by atoms with Crippen molar-refractivity contribution in [2.24, 2.45) is 45.8 Å². The number of rotatable bonds is 3. The maximum Gasteiger partial charge on any atom is 0.339 e. The van der Waals surface area contributed by atoms with Crippen molar-refractivity contribution in [2.75, 3.05) is 6.61 Å². The highest BCUT2D eigenvalue weighted by atomic mass is 16.7. The normalized spacial score (nSPS) is 49.1. The van der Waals surface area contributed by atoms with Crippen molar-refractivity contribution in [3.05, 3.63) is 60.1 Å². The molecule has 4 bridgehead atoms. The van der Waals surface area contributed by atoms with E-state index in [9.17, 15) is 14.7 Å². The number of aliphatic hydroxyl groups excluding tert-OH is 1. The molecule has 10 rings (SSSR count). The molecule has 3 saturated carbocycles. The number of ketones is 1. The van der Waals surface area contributed by atoms with E-state index < -0.39 is 63.2 Å². The Hall–Kier alpha value is -3.45. The molecule has 3 spiro atoms. The standard InChI is InChI=1S/C41H44O9/c1-36(2)32-31(43)33(44)40-27-19-24(18-23-8-5-4-6-9-23)11-12-25(27)10-7-15-39(26-14-17-46-21-26)37(3,41(40)34(49-41)35(45)50-39)16-13-28(40)38(32)22-47-30(42)20-29(38)48-36/h4-6,8-9,14,17,21,24-25,27-29,32-34,44H,11-13,15-16,18-20,22H2,1-3H3. The summed E-state index contributed by atoms with van der Waals surface area (Å²) in [5, 5.41) is 13.2. The van der Waals surface area contributed by atoms with Crippen LogP contribution < -0.4 is 0 Å². The van der Waals surface area contributed by atoms with Gasteiger partial charge in [-0.15, -0.1) is 0 Å². The number of esters is 2. The van der Waals surface area contributed by atoms with Gasteiger partial charge >= 0.3 is 11.9 Å². The second kappa shape index (κ2) is 9.90. The molecular formula is C41H44O9. The molecule has 4 aliphatic carbocycles. The second-order valence-corrected chi connectivity index (χ2v) is 17.4. The van der Waals surface area contributed by atoms with Crippen LogP contribution in [-0.4, -0.2) is 58.9 Å². The van der Waals surface area contributed by atoms with Gasteiger partial charge in [0.05, 0.1) is 43.0 Å². The number of ether oxygens (including phenoxy) is 4. The number of carbonyl (C=O) groups is 3. The molecule has 2 aromatic rings. The number of Topliss-reactive ketones (excluding diaryl/α,β-unsaturated/α-hetero) is 1. The molecule has 0 amide bonds. The van der Waals surface area contributed by atoms with Gasteiger partial charge in [-0.25, -0.2) is 4.79 Å². The minimum absolute atomic E-state index is 0.0285. The summed E-state index contributed by atoms with van der Waals surface area (Å²) in [6.07, 6.45) is 5.04. The molecule has 9 nitrogen and oxygen atoms in total. The van der Waals surface area contributed by atoms with Crippen LogP contribution in [0.4, 0.5) is 0 Å². The van der Waals surface area contributed by atoms with E-state index in [1.54, 1.807) is 12.5 Å². The van der Waals surface area contributed by atoms with E-state index >= 15 is 4.79 Å². The summed E-state index contributed by atoms with van der Waals surface area (Å²) < 4.78 is 31.9. The fraction of sp³-hybridized carbons (Fsp3) is 0.634. The molecule has 4 aliphatic heterocycles. The zero-order chi connectivity index (χ0) is 34.5. The summed E-state index contributed by atoms with van der Waals surface area (Å²) in [5.74, 6) is 4.83. The Labute approximate surface area is 291 Å². The predicted octanol–water partition coefficient (Wildman–Crippen LogP) is 4.92. The minimum atomic E-state index is -1.46. The van der Waals surface area contributed by atoms with E-state index in [0.29, 0.717) is 24.8 Å². The summed E-state index contributed by atoms with van der Waals surface area (Å²) in [6, 6.07) is 12.3. The highest BCUT2D eigenvalue weighted by Gasteiger charge is 2.95. The van der Waals surface area contributed by atoms with Crippen LogP contribution in [0.3, 0.4) is 0 Å². The molecule has 13 atom stereocenters. The lowest BCUT2D eigenvalue weighted by molar-refractivity contribution is -0.295. The Morgan fingerprint density at radius 3 is 2.60 bits per heavy atom. The number of aliphatic hydroxyl groups is 1. The number of fused-ring (bicyclic) bond motifs is 1. The molecular weight excluding hydrogens is 636 g/mol. The molecule has 5 heterocycles. The topological polar surface area (TPSA) is 125 Å². The SMILES string of the molecule is CC1(C)OC2CC(=O)OCC23C1C(=O)C(O)C12C4CC(Cc5ccccc5)CCC4C#CCC4(c5ccoc5)OC(=O)C5OC51C4(C)CCC32. The van der Waals surface area contributed by atoms with Crippen molar-refractivity contribution in [1.82, 2.24) is 0 Å². The molecule has 9 heteroatoms. The summed E-state index contributed by atoms with van der Waals surface area (Å²) in [6.45, 7) is 5.97. The second-order valence-electron chi connectivity index (χ2n) is 17.4. The zero-order valence-corrected chi connectivity index (χ0v) is 28.8. The molecule has 13 unspecified atom stereocenters. The summed E-state index contributed by atoms with van der Waals surface area (Å²) >= 11 is 0. The van der Waals surface area contributed by atoms with E-state index in [2.05, 4.69) is 43.0 Å². The van der Waals surface area contributed by atoms with Crippen LogP contribution in [0.2, 0.25) is 0 Å². The van der Waals surface area contributed by atoms with E-state index in [1.807, 2.05) is 26.0 Å². The largest absolute Gasteiger partial charge is 0.472 e. The molecule has 1 aromatic heterocycles. The molecule has 0 radical (unpaired) electrons. The fourth-order valence-corrected chi connectivity index (χ4v) is 13.7. The van der Waals surface area contributed by atoms with E-state index in [1.165, 1.54) is 5.56 Å². The van der Waals surface area contributed by atoms with Gasteiger partial charge in [0.25, 0.3) is 0 Å². The Morgan fingerprint density at radius 1 is 1.00 bits per heavy atom. The van der Waals surface area contributed by atoms with Crippen molar-refractivity contribution in [2.45, 2.75) is 107 Å². The van der Waals surface area contributed by atoms with Crippen molar-refractivity contribution in [3.63, 3.8) is 0 Å². The third kappa shape index (κ3) is 3.40. The minimum Gasteiger partial charge on any atom is -0.472 e. The molecule has 50 heavy (non-hydrogen) atoms. The van der Waals surface area contributed by atoms with Crippen LogP contribution in [0.25, 0.3) is 0 Å². The van der Waals surface area contributed by atoms with Crippen molar-refractivity contribution >= 4 is 17.7 Å². The first-order chi connectivity index (χ1) is 24.0. The van der Waals surface area contributed by atoms with Crippen LogP contribution in [0.5, 0.6) is 0 Å². The molecule has 1 aromatic carbocycles. The van der Waals surface area contributed by atoms with E-state index in [0.717, 1.165) is 19.3 Å². The fourth-order valence-electron chi connectivity index (χ4n) is 13.7. The first-order valence-electron chi connectivity index (χ1n) is 18.5. The zero-order valence-electron chi connectivity index (χ0n) is 28.8. The van der Waals surface area contributed by atoms with Crippen LogP contribution in [0.1, 0.15) is 76.8 Å². The van der Waals surface area contributed by atoms with Crippen molar-refractivity contribution < 1.29 is 42.9 Å². The Morgan fingerprint density at radius 2 is 1.82 bits per heavy atom. The molecule has 7 fully saturated rings. The van der Waals surface area contributed by atoms with Gasteiger partial charge in [0.2, 0.25) is 0 Å². The number of cyclic esters (lactones) is 1. The highest BCUT2D eigenvalue weighted by molar-refractivity contribution is 5.92. The van der Waals surface area contributed by atoms with E-state index in [-0.39, 0.29) is 54.9 Å². The molecule has 1 N–H and O–H groups in total. The van der Waals surface area contributed by atoms with Gasteiger partial charge in [-0.3, -0.25) is 9.59 Å². The number of carbonyl (C=O) groups excluding carboxylic acids is 3. The summed E-state index contributed by atoms with van der Waals surface area (Å²) in [5.41, 5.74) is -4.49. The van der Waals surface area contributed by atoms with Crippen LogP contribution in [0.15, 0.2) is 53.3 Å². The number of furan rings is 1. The van der Waals surface area contributed by atoms with Gasteiger partial charge in [-0.05, 0) is 81.8 Å². The predicted molar refractivity (Wildman–Crippen MR) is 176 cm³/mol. The Kier molecular flexibility index (Phi) is 6.20. The lowest BCUT2D eigenvalue weighted by Gasteiger charge is -2.71. The number of hydrogen-bond acceptors (Lipinski definition) is 9. The highest BCUT2D eigenvalue weighted by Crippen LogP contribution is 2.84. The summed E-state index contributed by atoms with van der Waals surface area (Å²) in [4.78, 5) is 42.7. The molecule has 262 valence electrons. The van der Waals surface area contributed by atoms with Gasteiger partial charge in [-0.2, -0.15) is 0 Å². The molecule has 4 saturated heterocycles. The third-order valence-electron chi connectivity index (χ3n) is 15.3. The maximum atomic E-state index is 15.4. The summed E-state index contributed by atoms with van der Waals surface area (Å²) in [7, 11) is 0. The first-order valence-corrected chi connectivity index (χ1v) is 18.5. The first kappa shape index (κ1) is 31.3. The number of benzene rings is 1. The van der Waals surface area contributed by atoms with E-state index in [4.69, 9.17) is 23.4 Å². The average molecular weight is 681 g/mol. The Balaban J connectivity index is 1.25. The Bertz CT molecular complexity index is 1860. The maximum absolute atomic E-state index is 15.4. The van der Waals surface area contributed by atoms with Gasteiger partial charge in [0.15, 0.2) is 17.5 Å². The number of epoxide rings is 1. The smallest absolute Gasteiger partial charge is 0.339 e. The van der Waals surface area contributed by atoms with Gasteiger partial charge in [0, 0.05) is 27.7 Å². The monoisotopic (exact) mass is 680 g/mol. The van der Waals surface area contributed by atoms with Crippen molar-refractivity contribution in [1.29, 1.82) is 0 Å². The van der Waals surface area contributed by atoms with Gasteiger partial charge < -0.3 is 28.5 Å². The van der Waals surface area contributed by atoms with Crippen LogP contribution in [-0.2, 0) is 45.4 Å². The third-order valence-corrected chi connectivity index (χ3v) is 15.3. The van der Waals surface area contributed by atoms with Gasteiger partial charge in [0.1, 0.15) is 18.3 Å². The quantitative estimate of drug-likeness (QED) is 0.273. The van der Waals surface area contributed by atoms with Gasteiger partial charge in [-0.1, -0.05) is 49.1 Å². The lowest BCUT2D eigenvalue weighted by atomic mass is 9.31. The van der Waals surface area contributed by atoms with Crippen molar-refractivity contribution in [3.8, 4) is 11.8 Å². The van der Waals surface area contributed by atoms with Crippen LogP contribution >= 0.6 is 0 Å².